The third-order valence-electron chi connectivity index (χ3n) is 3.73. The summed E-state index contributed by atoms with van der Waals surface area (Å²) < 4.78 is 24.3. The van der Waals surface area contributed by atoms with Crippen molar-refractivity contribution in [3.05, 3.63) is 41.6 Å². The number of para-hydroxylation sites is 1. The van der Waals surface area contributed by atoms with E-state index in [0.29, 0.717) is 18.1 Å². The van der Waals surface area contributed by atoms with Gasteiger partial charge in [-0.1, -0.05) is 18.2 Å². The Bertz CT molecular complexity index is 607. The lowest BCUT2D eigenvalue weighted by molar-refractivity contribution is -0.157. The maximum Gasteiger partial charge on any atom is 0.233 e. The summed E-state index contributed by atoms with van der Waals surface area (Å²) in [6, 6.07) is 5.79. The average molecular weight is 352 g/mol. The molecule has 0 fully saturated rings. The number of aliphatic hydroxyl groups is 1. The molecule has 1 N–H and O–H groups in total. The van der Waals surface area contributed by atoms with Crippen LogP contribution in [-0.2, 0) is 9.53 Å². The topological polar surface area (TPSA) is 71.4 Å². The van der Waals surface area contributed by atoms with Crippen LogP contribution in [0.4, 0.5) is 4.39 Å². The van der Waals surface area contributed by atoms with Crippen molar-refractivity contribution in [3.63, 3.8) is 0 Å². The minimum Gasteiger partial charge on any atom is -0.439 e. The fourth-order valence-electron chi connectivity index (χ4n) is 2.08. The highest BCUT2D eigenvalue weighted by atomic mass is 19.2. The molecule has 25 heavy (non-hydrogen) atoms. The molecule has 0 aliphatic rings. The maximum absolute atomic E-state index is 13.9. The number of carbonyl (C=O) groups is 1. The highest BCUT2D eigenvalue weighted by molar-refractivity contribution is 5.89. The maximum atomic E-state index is 13.9. The fourth-order valence-corrected chi connectivity index (χ4v) is 2.08. The van der Waals surface area contributed by atoms with Crippen LogP contribution in [0.25, 0.3) is 0 Å². The summed E-state index contributed by atoms with van der Waals surface area (Å²) in [5.41, 5.74) is 1.93. The molecule has 0 aliphatic heterocycles. The molecule has 138 valence electrons. The number of amides is 1. The first-order chi connectivity index (χ1) is 11.9. The lowest BCUT2D eigenvalue weighted by Gasteiger charge is -2.23. The minimum atomic E-state index is -2.18. The highest BCUT2D eigenvalue weighted by Gasteiger charge is 2.28. The number of nitrogens with zero attached hydrogens (tertiary/aromatic N) is 2. The Morgan fingerprint density at radius 3 is 2.52 bits per heavy atom. The second-order valence-corrected chi connectivity index (χ2v) is 5.54. The summed E-state index contributed by atoms with van der Waals surface area (Å²) in [6.07, 6.45) is 3.35. The first kappa shape index (κ1) is 20.8. The van der Waals surface area contributed by atoms with E-state index in [9.17, 15) is 9.18 Å². The Kier molecular flexibility index (Phi) is 8.24. The van der Waals surface area contributed by atoms with Gasteiger partial charge in [0.2, 0.25) is 18.2 Å². The zero-order valence-electron chi connectivity index (χ0n) is 15.0. The number of benzene rings is 1. The van der Waals surface area contributed by atoms with Crippen molar-refractivity contribution in [1.82, 2.24) is 4.90 Å². The molecule has 1 amide bonds. The van der Waals surface area contributed by atoms with Gasteiger partial charge in [-0.25, -0.2) is 4.39 Å². The summed E-state index contributed by atoms with van der Waals surface area (Å²) >= 11 is 0. The quantitative estimate of drug-likeness (QED) is 0.421. The molecule has 1 aromatic rings. The van der Waals surface area contributed by atoms with Crippen molar-refractivity contribution >= 4 is 12.3 Å². The molecule has 1 rings (SSSR count). The van der Waals surface area contributed by atoms with Crippen molar-refractivity contribution in [2.24, 2.45) is 4.99 Å². The zero-order chi connectivity index (χ0) is 18.9. The smallest absolute Gasteiger partial charge is 0.233 e. The van der Waals surface area contributed by atoms with Crippen LogP contribution in [0.1, 0.15) is 17.5 Å². The second kappa shape index (κ2) is 9.90. The van der Waals surface area contributed by atoms with Crippen LogP contribution in [0.5, 0.6) is 5.75 Å². The number of ether oxygens (including phenoxy) is 2. The van der Waals surface area contributed by atoms with Crippen LogP contribution in [0, 0.1) is 13.8 Å². The number of alkyl halides is 1. The Morgan fingerprint density at radius 1 is 1.40 bits per heavy atom. The highest BCUT2D eigenvalue weighted by Crippen LogP contribution is 2.22. The molecule has 0 aliphatic carbocycles. The Labute approximate surface area is 147 Å². The van der Waals surface area contributed by atoms with E-state index in [0.717, 1.165) is 18.2 Å². The number of aryl methyl sites for hydroxylation is 2. The fraction of sp³-hybridized carbons (Fsp3) is 0.444. The number of methoxy groups -OCH3 is 1. The summed E-state index contributed by atoms with van der Waals surface area (Å²) in [4.78, 5) is 16.4. The molecule has 0 spiro atoms. The van der Waals surface area contributed by atoms with Crippen LogP contribution in [0.15, 0.2) is 35.5 Å². The summed E-state index contributed by atoms with van der Waals surface area (Å²) in [5, 5.41) is 8.98. The third-order valence-corrected chi connectivity index (χ3v) is 3.73. The van der Waals surface area contributed by atoms with Gasteiger partial charge in [-0.05, 0) is 25.0 Å². The molecule has 7 heteroatoms. The van der Waals surface area contributed by atoms with Crippen LogP contribution in [0.3, 0.4) is 0 Å². The number of aliphatic imine (C=N–C) groups is 1. The molecule has 0 aromatic heterocycles. The Morgan fingerprint density at radius 2 is 2.04 bits per heavy atom. The van der Waals surface area contributed by atoms with Crippen molar-refractivity contribution in [3.8, 4) is 5.75 Å². The summed E-state index contributed by atoms with van der Waals surface area (Å²) in [6.45, 7) is 3.11. The van der Waals surface area contributed by atoms with Gasteiger partial charge in [-0.15, -0.1) is 0 Å². The molecular formula is C18H25FN2O4. The molecule has 0 radical (unpaired) electrons. The monoisotopic (exact) mass is 352 g/mol. The van der Waals surface area contributed by atoms with E-state index >= 15 is 0 Å². The molecule has 0 heterocycles. The zero-order valence-corrected chi connectivity index (χ0v) is 15.0. The first-order valence-electron chi connectivity index (χ1n) is 7.84. The van der Waals surface area contributed by atoms with Gasteiger partial charge in [0.25, 0.3) is 0 Å². The first-order valence-corrected chi connectivity index (χ1v) is 7.84. The van der Waals surface area contributed by atoms with Crippen LogP contribution in [0.2, 0.25) is 0 Å². The van der Waals surface area contributed by atoms with E-state index in [4.69, 9.17) is 9.84 Å². The third kappa shape index (κ3) is 6.28. The van der Waals surface area contributed by atoms with E-state index in [2.05, 4.69) is 9.73 Å². The van der Waals surface area contributed by atoms with Crippen LogP contribution in [-0.4, -0.2) is 55.5 Å². The van der Waals surface area contributed by atoms with Gasteiger partial charge < -0.3 is 19.5 Å². The van der Waals surface area contributed by atoms with E-state index < -0.39 is 12.5 Å². The van der Waals surface area contributed by atoms with E-state index in [1.54, 1.807) is 7.05 Å². The molecule has 0 bridgehead atoms. The molecule has 1 atom stereocenters. The van der Waals surface area contributed by atoms with E-state index in [1.807, 2.05) is 32.0 Å². The normalized spacial score (nSPS) is 14.4. The number of rotatable bonds is 9. The largest absolute Gasteiger partial charge is 0.439 e. The van der Waals surface area contributed by atoms with Gasteiger partial charge in [0.05, 0.1) is 0 Å². The number of hydrogen-bond donors (Lipinski definition) is 1. The second-order valence-electron chi connectivity index (χ2n) is 5.54. The molecular weight excluding hydrogens is 327 g/mol. The van der Waals surface area contributed by atoms with E-state index in [1.165, 1.54) is 17.2 Å². The van der Waals surface area contributed by atoms with Gasteiger partial charge in [0.15, 0.2) is 0 Å². The number of halogens is 1. The molecule has 0 saturated carbocycles. The lowest BCUT2D eigenvalue weighted by Crippen LogP contribution is -2.34. The number of carbonyl (C=O) groups excluding carboxylic acids is 1. The SMILES string of the molecule is CN=C(/C=C\N(C=O)CCC(F)(CO)OC)Oc1c(C)cccc1C. The lowest BCUT2D eigenvalue weighted by atomic mass is 10.1. The van der Waals surface area contributed by atoms with Gasteiger partial charge in [-0.2, -0.15) is 0 Å². The standard InChI is InChI=1S/C18H25FN2O4/c1-14-6-5-7-15(2)17(14)25-16(20-3)8-10-21(13-23)11-9-18(19,12-22)24-4/h5-8,10,13,22H,9,11-12H2,1-4H3/b10-8-,20-16?. The summed E-state index contributed by atoms with van der Waals surface area (Å²) in [7, 11) is 2.74. The molecule has 1 aromatic carbocycles. The van der Waals surface area contributed by atoms with Gasteiger partial charge in [-0.3, -0.25) is 9.79 Å². The predicted octanol–water partition coefficient (Wildman–Crippen LogP) is 2.38. The van der Waals surface area contributed by atoms with Crippen LogP contribution < -0.4 is 4.74 Å². The van der Waals surface area contributed by atoms with Gasteiger partial charge in [0.1, 0.15) is 12.4 Å². The minimum absolute atomic E-state index is 0.0330. The molecule has 0 saturated heterocycles. The predicted molar refractivity (Wildman–Crippen MR) is 94.4 cm³/mol. The Hall–Kier alpha value is -2.25. The number of aliphatic hydroxyl groups excluding tert-OH is 1. The van der Waals surface area contributed by atoms with Crippen molar-refractivity contribution in [1.29, 1.82) is 0 Å². The van der Waals surface area contributed by atoms with Crippen molar-refractivity contribution in [2.75, 3.05) is 27.3 Å². The van der Waals surface area contributed by atoms with E-state index in [-0.39, 0.29) is 13.0 Å². The summed E-state index contributed by atoms with van der Waals surface area (Å²) in [5.74, 6) is -1.16. The van der Waals surface area contributed by atoms with Crippen LogP contribution >= 0.6 is 0 Å². The van der Waals surface area contributed by atoms with Crippen molar-refractivity contribution < 1.29 is 23.8 Å². The number of hydrogen-bond acceptors (Lipinski definition) is 5. The van der Waals surface area contributed by atoms with Gasteiger partial charge in [0, 0.05) is 39.4 Å². The van der Waals surface area contributed by atoms with Gasteiger partial charge >= 0.3 is 0 Å². The molecule has 6 nitrogen and oxygen atoms in total. The Balaban J connectivity index is 2.77. The molecule has 1 unspecified atom stereocenters. The van der Waals surface area contributed by atoms with Crippen molar-refractivity contribution in [2.45, 2.75) is 26.1 Å². The average Bonchev–Trinajstić information content (AvgIpc) is 2.62.